The Balaban J connectivity index is 1.84. The lowest BCUT2D eigenvalue weighted by molar-refractivity contribution is 0.394. The number of benzene rings is 1. The number of aromatic nitrogens is 4. The Hall–Kier alpha value is -3.65. The van der Waals surface area contributed by atoms with E-state index in [1.54, 1.807) is 67.6 Å². The maximum absolute atomic E-state index is 13.3. The zero-order chi connectivity index (χ0) is 22.0. The number of halogens is 1. The second-order valence-corrected chi connectivity index (χ2v) is 7.06. The Morgan fingerprint density at radius 2 is 1.81 bits per heavy atom. The quantitative estimate of drug-likeness (QED) is 0.450. The molecule has 0 atom stereocenters. The highest BCUT2D eigenvalue weighted by Gasteiger charge is 2.14. The molecule has 0 saturated carbocycles. The molecule has 1 N–H and O–H groups in total. The van der Waals surface area contributed by atoms with E-state index in [4.69, 9.17) is 21.1 Å². The van der Waals surface area contributed by atoms with Crippen molar-refractivity contribution < 1.29 is 9.47 Å². The molecule has 9 heteroatoms. The minimum atomic E-state index is -0.165. The summed E-state index contributed by atoms with van der Waals surface area (Å²) in [4.78, 5) is 26.2. The van der Waals surface area contributed by atoms with Gasteiger partial charge in [0.15, 0.2) is 0 Å². The summed E-state index contributed by atoms with van der Waals surface area (Å²) < 4.78 is 12.3. The van der Waals surface area contributed by atoms with Crippen LogP contribution in [-0.2, 0) is 6.54 Å². The fourth-order valence-corrected chi connectivity index (χ4v) is 3.47. The van der Waals surface area contributed by atoms with E-state index in [1.807, 2.05) is 6.92 Å². The zero-order valence-corrected chi connectivity index (χ0v) is 18.0. The number of hydrogen-bond donors (Lipinski definition) is 1. The molecule has 4 rings (SSSR count). The summed E-state index contributed by atoms with van der Waals surface area (Å²) in [6.07, 6.45) is 3.27. The van der Waals surface area contributed by atoms with Gasteiger partial charge in [-0.1, -0.05) is 11.6 Å². The van der Waals surface area contributed by atoms with Gasteiger partial charge in [-0.05, 0) is 42.8 Å². The second-order valence-electron chi connectivity index (χ2n) is 6.67. The fraction of sp³-hybridized carbons (Fsp3) is 0.182. The van der Waals surface area contributed by atoms with Crippen LogP contribution in [0.25, 0.3) is 22.2 Å². The average molecular weight is 438 g/mol. The third-order valence-electron chi connectivity index (χ3n) is 4.79. The van der Waals surface area contributed by atoms with Crippen LogP contribution in [0.5, 0.6) is 11.5 Å². The Morgan fingerprint density at radius 1 is 1.06 bits per heavy atom. The highest BCUT2D eigenvalue weighted by atomic mass is 35.5. The molecule has 0 amide bonds. The van der Waals surface area contributed by atoms with Crippen LogP contribution in [0.2, 0.25) is 5.15 Å². The Kier molecular flexibility index (Phi) is 5.73. The Bertz CT molecular complexity index is 1300. The number of anilines is 2. The SMILES string of the molecule is CCn1c(=O)c(-c2cc(OC)cc(OC)c2)cc2cnc(Nc3ccnc(Cl)c3)nc21. The lowest BCUT2D eigenvalue weighted by Gasteiger charge is -2.13. The van der Waals surface area contributed by atoms with Crippen molar-refractivity contribution in [2.45, 2.75) is 13.5 Å². The first kappa shape index (κ1) is 20.6. The van der Waals surface area contributed by atoms with Crippen LogP contribution in [-0.4, -0.2) is 33.7 Å². The van der Waals surface area contributed by atoms with Crippen LogP contribution < -0.4 is 20.3 Å². The van der Waals surface area contributed by atoms with Crippen molar-refractivity contribution in [2.24, 2.45) is 0 Å². The normalized spacial score (nSPS) is 10.8. The maximum Gasteiger partial charge on any atom is 0.260 e. The third-order valence-corrected chi connectivity index (χ3v) is 5.00. The largest absolute Gasteiger partial charge is 0.497 e. The standard InChI is InChI=1S/C22H20ClN5O3/c1-4-28-20-14(12-25-22(27-20)26-15-5-6-24-19(23)10-15)9-18(21(28)29)13-7-16(30-2)11-17(8-13)31-3/h5-12H,4H2,1-3H3,(H,24,25,26,27). The summed E-state index contributed by atoms with van der Waals surface area (Å²) in [7, 11) is 3.14. The first-order chi connectivity index (χ1) is 15.0. The van der Waals surface area contributed by atoms with Crippen molar-refractivity contribution in [2.75, 3.05) is 19.5 Å². The highest BCUT2D eigenvalue weighted by molar-refractivity contribution is 6.29. The van der Waals surface area contributed by atoms with Gasteiger partial charge in [0.05, 0.1) is 14.2 Å². The smallest absolute Gasteiger partial charge is 0.260 e. The van der Waals surface area contributed by atoms with E-state index in [-0.39, 0.29) is 5.56 Å². The molecule has 0 aliphatic carbocycles. The van der Waals surface area contributed by atoms with Crippen molar-refractivity contribution in [3.63, 3.8) is 0 Å². The van der Waals surface area contributed by atoms with Crippen LogP contribution in [0.4, 0.5) is 11.6 Å². The molecule has 1 aromatic carbocycles. The fourth-order valence-electron chi connectivity index (χ4n) is 3.29. The molecule has 0 saturated heterocycles. The van der Waals surface area contributed by atoms with Gasteiger partial charge in [0.2, 0.25) is 5.95 Å². The summed E-state index contributed by atoms with van der Waals surface area (Å²) >= 11 is 5.94. The van der Waals surface area contributed by atoms with Gasteiger partial charge in [-0.2, -0.15) is 4.98 Å². The molecule has 0 radical (unpaired) electrons. The van der Waals surface area contributed by atoms with Gasteiger partial charge in [0, 0.05) is 41.6 Å². The van der Waals surface area contributed by atoms with E-state index >= 15 is 0 Å². The Morgan fingerprint density at radius 3 is 2.45 bits per heavy atom. The number of aryl methyl sites for hydroxylation is 1. The third kappa shape index (κ3) is 4.15. The van der Waals surface area contributed by atoms with Crippen molar-refractivity contribution >= 4 is 34.3 Å². The molecule has 0 bridgehead atoms. The molecule has 3 heterocycles. The summed E-state index contributed by atoms with van der Waals surface area (Å²) in [6, 6.07) is 10.6. The van der Waals surface area contributed by atoms with E-state index in [9.17, 15) is 4.79 Å². The summed E-state index contributed by atoms with van der Waals surface area (Å²) in [5, 5.41) is 4.18. The summed E-state index contributed by atoms with van der Waals surface area (Å²) in [6.45, 7) is 2.34. The number of ether oxygens (including phenoxy) is 2. The van der Waals surface area contributed by atoms with E-state index in [2.05, 4.69) is 20.3 Å². The molecule has 0 unspecified atom stereocenters. The van der Waals surface area contributed by atoms with Crippen molar-refractivity contribution in [1.82, 2.24) is 19.5 Å². The second kappa shape index (κ2) is 8.61. The van der Waals surface area contributed by atoms with Crippen LogP contribution in [0.15, 0.2) is 53.6 Å². The van der Waals surface area contributed by atoms with Crippen molar-refractivity contribution in [3.05, 3.63) is 64.3 Å². The number of nitrogens with one attached hydrogen (secondary N) is 1. The number of nitrogens with zero attached hydrogens (tertiary/aromatic N) is 4. The van der Waals surface area contributed by atoms with Crippen molar-refractivity contribution in [3.8, 4) is 22.6 Å². The first-order valence-electron chi connectivity index (χ1n) is 9.55. The lowest BCUT2D eigenvalue weighted by atomic mass is 10.1. The molecule has 158 valence electrons. The van der Waals surface area contributed by atoms with E-state index in [1.165, 1.54) is 0 Å². The average Bonchev–Trinajstić information content (AvgIpc) is 2.78. The van der Waals surface area contributed by atoms with Gasteiger partial charge >= 0.3 is 0 Å². The number of methoxy groups -OCH3 is 2. The van der Waals surface area contributed by atoms with Gasteiger partial charge in [0.1, 0.15) is 22.3 Å². The molecular formula is C22H20ClN5O3. The van der Waals surface area contributed by atoms with Gasteiger partial charge in [-0.15, -0.1) is 0 Å². The molecular weight excluding hydrogens is 418 g/mol. The van der Waals surface area contributed by atoms with Gasteiger partial charge in [-0.3, -0.25) is 9.36 Å². The number of pyridine rings is 2. The van der Waals surface area contributed by atoms with E-state index in [0.717, 1.165) is 5.39 Å². The van der Waals surface area contributed by atoms with Gasteiger partial charge in [0.25, 0.3) is 5.56 Å². The molecule has 0 spiro atoms. The number of rotatable bonds is 6. The summed E-state index contributed by atoms with van der Waals surface area (Å²) in [5.74, 6) is 1.56. The molecule has 3 aromatic heterocycles. The van der Waals surface area contributed by atoms with Crippen molar-refractivity contribution in [1.29, 1.82) is 0 Å². The summed E-state index contributed by atoms with van der Waals surface area (Å²) in [5.41, 5.74) is 2.27. The van der Waals surface area contributed by atoms with E-state index in [0.29, 0.717) is 51.6 Å². The lowest BCUT2D eigenvalue weighted by Crippen LogP contribution is -2.22. The van der Waals surface area contributed by atoms with Crippen LogP contribution in [0.3, 0.4) is 0 Å². The van der Waals surface area contributed by atoms with Crippen LogP contribution >= 0.6 is 11.6 Å². The molecule has 8 nitrogen and oxygen atoms in total. The monoisotopic (exact) mass is 437 g/mol. The van der Waals surface area contributed by atoms with Gasteiger partial charge < -0.3 is 14.8 Å². The highest BCUT2D eigenvalue weighted by Crippen LogP contribution is 2.29. The maximum atomic E-state index is 13.3. The molecule has 31 heavy (non-hydrogen) atoms. The minimum absolute atomic E-state index is 0.165. The first-order valence-corrected chi connectivity index (χ1v) is 9.92. The van der Waals surface area contributed by atoms with Gasteiger partial charge in [-0.25, -0.2) is 9.97 Å². The predicted octanol–water partition coefficient (Wildman–Crippen LogP) is 4.29. The van der Waals surface area contributed by atoms with Crippen LogP contribution in [0.1, 0.15) is 6.92 Å². The molecule has 0 fully saturated rings. The zero-order valence-electron chi connectivity index (χ0n) is 17.2. The predicted molar refractivity (Wildman–Crippen MR) is 121 cm³/mol. The Labute approximate surface area is 183 Å². The minimum Gasteiger partial charge on any atom is -0.497 e. The van der Waals surface area contributed by atoms with E-state index < -0.39 is 0 Å². The molecule has 4 aromatic rings. The number of fused-ring (bicyclic) bond motifs is 1. The molecule has 0 aliphatic rings. The molecule has 0 aliphatic heterocycles. The number of hydrogen-bond acceptors (Lipinski definition) is 7. The topological polar surface area (TPSA) is 91.2 Å². The van der Waals surface area contributed by atoms with Crippen LogP contribution in [0, 0.1) is 0 Å².